The number of thiazole rings is 1. The Hall–Kier alpha value is -1.92. The molecule has 0 amide bonds. The molecule has 1 aromatic carbocycles. The molecule has 5 nitrogen and oxygen atoms in total. The summed E-state index contributed by atoms with van der Waals surface area (Å²) in [4.78, 5) is 29.9. The van der Waals surface area contributed by atoms with Gasteiger partial charge in [0, 0.05) is 0 Å². The van der Waals surface area contributed by atoms with Crippen LogP contribution in [-0.4, -0.2) is 14.5 Å². The minimum absolute atomic E-state index is 0.298. The van der Waals surface area contributed by atoms with E-state index in [0.717, 1.165) is 16.9 Å². The summed E-state index contributed by atoms with van der Waals surface area (Å²) in [5.74, 6) is 0. The maximum absolute atomic E-state index is 12.4. The molecular formula is C12H8ClN3O2S. The lowest BCUT2D eigenvalue weighted by atomic mass is 10.2. The van der Waals surface area contributed by atoms with Gasteiger partial charge in [0.2, 0.25) is 0 Å². The summed E-state index contributed by atoms with van der Waals surface area (Å²) in [6, 6.07) is 5.38. The summed E-state index contributed by atoms with van der Waals surface area (Å²) < 4.78 is 1.66. The number of aromatic nitrogens is 3. The van der Waals surface area contributed by atoms with Crippen molar-refractivity contribution in [3.63, 3.8) is 0 Å². The number of aromatic amines is 1. The molecule has 0 unspecified atom stereocenters. The molecule has 3 aromatic rings. The van der Waals surface area contributed by atoms with Gasteiger partial charge in [0.1, 0.15) is 11.0 Å². The average Bonchev–Trinajstić information content (AvgIpc) is 2.73. The average molecular weight is 294 g/mol. The number of nitrogens with one attached hydrogen (secondary N) is 1. The van der Waals surface area contributed by atoms with Crippen molar-refractivity contribution in [1.29, 1.82) is 0 Å². The van der Waals surface area contributed by atoms with Crippen molar-refractivity contribution in [3.8, 4) is 5.69 Å². The lowest BCUT2D eigenvalue weighted by molar-refractivity contribution is 0.951. The number of hydrogen-bond donors (Lipinski definition) is 1. The first kappa shape index (κ1) is 12.1. The standard InChI is InChI=1S/C12H8ClN3O2S/c1-6-3-2-4-7(13)8(6)16-5-14-10-9(11(16)17)19-12(18)15-10/h2-5H,1H3,(H,15,18). The van der Waals surface area contributed by atoms with E-state index >= 15 is 0 Å². The van der Waals surface area contributed by atoms with Crippen molar-refractivity contribution in [2.45, 2.75) is 6.92 Å². The highest BCUT2D eigenvalue weighted by atomic mass is 35.5. The smallest absolute Gasteiger partial charge is 0.297 e. The minimum atomic E-state index is -0.301. The van der Waals surface area contributed by atoms with Gasteiger partial charge in [0.15, 0.2) is 5.65 Å². The number of nitrogens with zero attached hydrogens (tertiary/aromatic N) is 2. The van der Waals surface area contributed by atoms with Crippen molar-refractivity contribution in [3.05, 3.63) is 55.1 Å². The van der Waals surface area contributed by atoms with Gasteiger partial charge in [0.25, 0.3) is 5.56 Å². The molecule has 1 N–H and O–H groups in total. The Bertz CT molecular complexity index is 874. The van der Waals surface area contributed by atoms with Gasteiger partial charge in [-0.15, -0.1) is 0 Å². The lowest BCUT2D eigenvalue weighted by Crippen LogP contribution is -2.19. The van der Waals surface area contributed by atoms with E-state index in [-0.39, 0.29) is 10.4 Å². The summed E-state index contributed by atoms with van der Waals surface area (Å²) in [6.45, 7) is 1.86. The monoisotopic (exact) mass is 293 g/mol. The molecule has 0 saturated heterocycles. The van der Waals surface area contributed by atoms with E-state index in [4.69, 9.17) is 11.6 Å². The van der Waals surface area contributed by atoms with E-state index < -0.39 is 0 Å². The number of hydrogen-bond acceptors (Lipinski definition) is 4. The molecule has 0 fully saturated rings. The summed E-state index contributed by atoms with van der Waals surface area (Å²) in [5, 5.41) is 0.464. The van der Waals surface area contributed by atoms with Crippen LogP contribution in [0.3, 0.4) is 0 Å². The van der Waals surface area contributed by atoms with Crippen LogP contribution in [0.5, 0.6) is 0 Å². The van der Waals surface area contributed by atoms with E-state index in [9.17, 15) is 9.59 Å². The molecule has 3 rings (SSSR count). The molecule has 0 saturated carbocycles. The van der Waals surface area contributed by atoms with Crippen LogP contribution in [0.1, 0.15) is 5.56 Å². The van der Waals surface area contributed by atoms with Crippen LogP contribution in [-0.2, 0) is 0 Å². The Morgan fingerprint density at radius 1 is 1.37 bits per heavy atom. The van der Waals surface area contributed by atoms with Gasteiger partial charge in [-0.3, -0.25) is 19.1 Å². The molecule has 0 aliphatic rings. The van der Waals surface area contributed by atoms with Gasteiger partial charge in [-0.05, 0) is 18.6 Å². The molecule has 0 bridgehead atoms. The Balaban J connectivity index is 2.41. The fourth-order valence-corrected chi connectivity index (χ4v) is 2.95. The van der Waals surface area contributed by atoms with Crippen LogP contribution in [0, 0.1) is 6.92 Å². The quantitative estimate of drug-likeness (QED) is 0.747. The highest BCUT2D eigenvalue weighted by molar-refractivity contribution is 7.16. The maximum Gasteiger partial charge on any atom is 0.306 e. The second kappa shape index (κ2) is 4.32. The summed E-state index contributed by atoms with van der Waals surface area (Å²) in [7, 11) is 0. The van der Waals surface area contributed by atoms with E-state index in [1.165, 1.54) is 10.9 Å². The van der Waals surface area contributed by atoms with E-state index in [2.05, 4.69) is 9.97 Å². The van der Waals surface area contributed by atoms with E-state index in [1.54, 1.807) is 6.07 Å². The Labute approximate surface area is 116 Å². The molecule has 2 heterocycles. The van der Waals surface area contributed by atoms with Gasteiger partial charge < -0.3 is 0 Å². The Kier molecular flexibility index (Phi) is 2.76. The Morgan fingerprint density at radius 3 is 2.89 bits per heavy atom. The number of halogens is 1. The molecule has 0 spiro atoms. The number of benzene rings is 1. The van der Waals surface area contributed by atoms with Crippen molar-refractivity contribution in [2.75, 3.05) is 0 Å². The lowest BCUT2D eigenvalue weighted by Gasteiger charge is -2.10. The zero-order chi connectivity index (χ0) is 13.6. The minimum Gasteiger partial charge on any atom is -0.297 e. The van der Waals surface area contributed by atoms with Crippen LogP contribution in [0.15, 0.2) is 34.1 Å². The highest BCUT2D eigenvalue weighted by Gasteiger charge is 2.12. The third kappa shape index (κ3) is 1.89. The predicted octanol–water partition coefficient (Wildman–Crippen LogP) is 2.10. The van der Waals surface area contributed by atoms with Crippen molar-refractivity contribution in [2.24, 2.45) is 0 Å². The summed E-state index contributed by atoms with van der Waals surface area (Å²) >= 11 is 6.99. The molecule has 96 valence electrons. The first-order valence-electron chi connectivity index (χ1n) is 5.44. The molecule has 7 heteroatoms. The third-order valence-electron chi connectivity index (χ3n) is 2.78. The van der Waals surface area contributed by atoms with Crippen LogP contribution in [0.2, 0.25) is 5.02 Å². The van der Waals surface area contributed by atoms with Crippen LogP contribution < -0.4 is 10.4 Å². The van der Waals surface area contributed by atoms with Crippen LogP contribution >= 0.6 is 22.9 Å². The Morgan fingerprint density at radius 2 is 2.16 bits per heavy atom. The van der Waals surface area contributed by atoms with Crippen molar-refractivity contribution < 1.29 is 0 Å². The van der Waals surface area contributed by atoms with Gasteiger partial charge in [-0.1, -0.05) is 35.1 Å². The van der Waals surface area contributed by atoms with Gasteiger partial charge >= 0.3 is 4.87 Å². The maximum atomic E-state index is 12.4. The normalized spacial score (nSPS) is 11.1. The zero-order valence-electron chi connectivity index (χ0n) is 9.81. The van der Waals surface area contributed by atoms with E-state index in [1.807, 2.05) is 19.1 Å². The van der Waals surface area contributed by atoms with Gasteiger partial charge in [-0.2, -0.15) is 0 Å². The van der Waals surface area contributed by atoms with Gasteiger partial charge in [0.05, 0.1) is 10.7 Å². The fraction of sp³-hybridized carbons (Fsp3) is 0.0833. The van der Waals surface area contributed by atoms with Crippen LogP contribution in [0.4, 0.5) is 0 Å². The number of rotatable bonds is 1. The first-order valence-corrected chi connectivity index (χ1v) is 6.63. The number of fused-ring (bicyclic) bond motifs is 1. The molecule has 2 aromatic heterocycles. The molecular weight excluding hydrogens is 286 g/mol. The molecule has 0 aliphatic heterocycles. The third-order valence-corrected chi connectivity index (χ3v) is 3.94. The van der Waals surface area contributed by atoms with Crippen molar-refractivity contribution >= 4 is 33.3 Å². The van der Waals surface area contributed by atoms with Crippen LogP contribution in [0.25, 0.3) is 16.0 Å². The molecule has 0 aliphatic carbocycles. The SMILES string of the molecule is Cc1cccc(Cl)c1-n1cnc2[nH]c(=O)sc2c1=O. The second-order valence-electron chi connectivity index (χ2n) is 4.02. The van der Waals surface area contributed by atoms with Gasteiger partial charge in [-0.25, -0.2) is 4.98 Å². The molecule has 0 atom stereocenters. The topological polar surface area (TPSA) is 67.8 Å². The number of H-pyrrole nitrogens is 1. The predicted molar refractivity (Wildman–Crippen MR) is 75.6 cm³/mol. The summed E-state index contributed by atoms with van der Waals surface area (Å²) in [6.07, 6.45) is 1.38. The number of aryl methyl sites for hydroxylation is 1. The van der Waals surface area contributed by atoms with E-state index in [0.29, 0.717) is 21.1 Å². The summed E-state index contributed by atoms with van der Waals surface area (Å²) in [5.41, 5.74) is 1.45. The first-order chi connectivity index (χ1) is 9.08. The number of para-hydroxylation sites is 1. The highest BCUT2D eigenvalue weighted by Crippen LogP contribution is 2.23. The largest absolute Gasteiger partial charge is 0.306 e. The fourth-order valence-electron chi connectivity index (χ4n) is 1.92. The molecule has 0 radical (unpaired) electrons. The van der Waals surface area contributed by atoms with Crippen molar-refractivity contribution in [1.82, 2.24) is 14.5 Å². The molecule has 19 heavy (non-hydrogen) atoms. The second-order valence-corrected chi connectivity index (χ2v) is 5.41. The zero-order valence-corrected chi connectivity index (χ0v) is 11.4.